The summed E-state index contributed by atoms with van der Waals surface area (Å²) in [7, 11) is 5.59. The van der Waals surface area contributed by atoms with Crippen LogP contribution in [0.1, 0.15) is 5.56 Å². The summed E-state index contributed by atoms with van der Waals surface area (Å²) in [6.45, 7) is 0.504. The van der Waals surface area contributed by atoms with Crippen LogP contribution in [0, 0.1) is 0 Å². The fourth-order valence-corrected chi connectivity index (χ4v) is 2.30. The molecule has 0 unspecified atom stereocenters. The lowest BCUT2D eigenvalue weighted by molar-refractivity contribution is 0.415. The zero-order valence-corrected chi connectivity index (χ0v) is 17.0. The molecule has 2 aromatic rings. The summed E-state index contributed by atoms with van der Waals surface area (Å²) in [6.07, 6.45) is 0. The minimum Gasteiger partial charge on any atom is -0.495 e. The van der Waals surface area contributed by atoms with Gasteiger partial charge in [0.25, 0.3) is 0 Å². The van der Waals surface area contributed by atoms with Crippen molar-refractivity contribution in [1.29, 1.82) is 0 Å². The minimum atomic E-state index is 0. The number of hydrogen-bond acceptors (Lipinski definition) is 3. The van der Waals surface area contributed by atoms with Crippen LogP contribution in [0.4, 0.5) is 11.4 Å². The maximum absolute atomic E-state index is 6.08. The van der Waals surface area contributed by atoms with E-state index in [0.717, 1.165) is 16.9 Å². The molecule has 0 amide bonds. The van der Waals surface area contributed by atoms with Gasteiger partial charge in [0.05, 0.1) is 18.7 Å². The first kappa shape index (κ1) is 20.4. The van der Waals surface area contributed by atoms with Crippen molar-refractivity contribution < 1.29 is 4.74 Å². The van der Waals surface area contributed by atoms with Crippen LogP contribution in [0.2, 0.25) is 5.02 Å². The quantitative estimate of drug-likeness (QED) is 0.403. The number of nitrogens with two attached hydrogens (primary N) is 1. The molecular formula is C17H22ClIN4O. The average molecular weight is 461 g/mol. The number of benzene rings is 2. The Morgan fingerprint density at radius 1 is 1.25 bits per heavy atom. The Bertz CT molecular complexity index is 707. The van der Waals surface area contributed by atoms with Crippen molar-refractivity contribution in [3.05, 3.63) is 53.1 Å². The van der Waals surface area contributed by atoms with Crippen LogP contribution >= 0.6 is 35.6 Å². The third-order valence-corrected chi connectivity index (χ3v) is 3.58. The minimum absolute atomic E-state index is 0. The molecule has 0 fully saturated rings. The molecule has 0 aromatic heterocycles. The average Bonchev–Trinajstić information content (AvgIpc) is 2.53. The van der Waals surface area contributed by atoms with Crippen LogP contribution in [0.5, 0.6) is 5.75 Å². The van der Waals surface area contributed by atoms with Gasteiger partial charge in [-0.3, -0.25) is 0 Å². The van der Waals surface area contributed by atoms with Gasteiger partial charge < -0.3 is 20.7 Å². The van der Waals surface area contributed by atoms with E-state index in [0.29, 0.717) is 23.3 Å². The predicted octanol–water partition coefficient (Wildman–Crippen LogP) is 3.96. The zero-order valence-electron chi connectivity index (χ0n) is 13.9. The van der Waals surface area contributed by atoms with E-state index in [1.807, 2.05) is 43.3 Å². The number of nitrogens with zero attached hydrogens (tertiary/aromatic N) is 2. The lowest BCUT2D eigenvalue weighted by Crippen LogP contribution is -2.22. The van der Waals surface area contributed by atoms with Gasteiger partial charge in [0.1, 0.15) is 5.75 Å². The molecule has 0 heterocycles. The molecule has 130 valence electrons. The standard InChI is InChI=1S/C17H21ClN4O.HI/c1-22(2)14-6-4-5-12(9-14)11-20-17(19)21-13-7-8-16(23-3)15(18)10-13;/h4-10H,11H2,1-3H3,(H3,19,20,21);1H. The topological polar surface area (TPSA) is 62.9 Å². The molecule has 3 N–H and O–H groups in total. The highest BCUT2D eigenvalue weighted by molar-refractivity contribution is 14.0. The third-order valence-electron chi connectivity index (χ3n) is 3.28. The monoisotopic (exact) mass is 460 g/mol. The predicted molar refractivity (Wildman–Crippen MR) is 113 cm³/mol. The zero-order chi connectivity index (χ0) is 16.8. The Kier molecular flexibility index (Phi) is 8.14. The van der Waals surface area contributed by atoms with Gasteiger partial charge in [0.2, 0.25) is 0 Å². The lowest BCUT2D eigenvalue weighted by atomic mass is 10.2. The van der Waals surface area contributed by atoms with Crippen molar-refractivity contribution in [3.63, 3.8) is 0 Å². The molecule has 0 saturated heterocycles. The summed E-state index contributed by atoms with van der Waals surface area (Å²) in [6, 6.07) is 13.5. The van der Waals surface area contributed by atoms with Gasteiger partial charge in [-0.05, 0) is 35.9 Å². The number of ether oxygens (including phenoxy) is 1. The number of hydrogen-bond donors (Lipinski definition) is 2. The Balaban J connectivity index is 0.00000288. The molecule has 7 heteroatoms. The van der Waals surface area contributed by atoms with E-state index in [2.05, 4.69) is 16.4 Å². The van der Waals surface area contributed by atoms with Crippen LogP contribution < -0.4 is 20.7 Å². The maximum atomic E-state index is 6.08. The maximum Gasteiger partial charge on any atom is 0.193 e. The summed E-state index contributed by atoms with van der Waals surface area (Å²) in [4.78, 5) is 6.40. The van der Waals surface area contributed by atoms with Crippen LogP contribution in [-0.2, 0) is 6.54 Å². The lowest BCUT2D eigenvalue weighted by Gasteiger charge is -2.13. The number of halogens is 2. The first-order chi connectivity index (χ1) is 11.0. The number of rotatable bonds is 5. The Labute approximate surface area is 164 Å². The highest BCUT2D eigenvalue weighted by Crippen LogP contribution is 2.27. The molecule has 2 aromatic carbocycles. The van der Waals surface area contributed by atoms with Crippen LogP contribution in [0.25, 0.3) is 0 Å². The van der Waals surface area contributed by atoms with Gasteiger partial charge in [0, 0.05) is 25.5 Å². The summed E-state index contributed by atoms with van der Waals surface area (Å²) in [5.41, 5.74) is 8.91. The van der Waals surface area contributed by atoms with Crippen molar-refractivity contribution in [2.75, 3.05) is 31.4 Å². The van der Waals surface area contributed by atoms with Crippen LogP contribution in [0.3, 0.4) is 0 Å². The van der Waals surface area contributed by atoms with E-state index < -0.39 is 0 Å². The van der Waals surface area contributed by atoms with Gasteiger partial charge in [-0.25, -0.2) is 4.99 Å². The molecule has 0 aliphatic heterocycles. The van der Waals surface area contributed by atoms with E-state index in [4.69, 9.17) is 22.1 Å². The van der Waals surface area contributed by atoms with E-state index in [9.17, 15) is 0 Å². The molecule has 0 aliphatic rings. The molecule has 0 aliphatic carbocycles. The summed E-state index contributed by atoms with van der Waals surface area (Å²) < 4.78 is 5.12. The first-order valence-electron chi connectivity index (χ1n) is 7.16. The van der Waals surface area contributed by atoms with Gasteiger partial charge >= 0.3 is 0 Å². The molecule has 0 saturated carbocycles. The van der Waals surface area contributed by atoms with Crippen molar-refractivity contribution in [2.24, 2.45) is 10.7 Å². The number of anilines is 2. The second-order valence-electron chi connectivity index (χ2n) is 5.24. The summed E-state index contributed by atoms with van der Waals surface area (Å²) >= 11 is 6.08. The largest absolute Gasteiger partial charge is 0.495 e. The smallest absolute Gasteiger partial charge is 0.193 e. The fraction of sp³-hybridized carbons (Fsp3) is 0.235. The first-order valence-corrected chi connectivity index (χ1v) is 7.54. The number of guanidine groups is 1. The third kappa shape index (κ3) is 5.76. The summed E-state index contributed by atoms with van der Waals surface area (Å²) in [5.74, 6) is 0.953. The normalized spacial score (nSPS) is 10.8. The van der Waals surface area contributed by atoms with E-state index >= 15 is 0 Å². The van der Waals surface area contributed by atoms with Gasteiger partial charge in [0.15, 0.2) is 5.96 Å². The number of aliphatic imine (C=N–C) groups is 1. The summed E-state index contributed by atoms with van der Waals surface area (Å²) in [5, 5.41) is 3.54. The SMILES string of the molecule is COc1ccc(NC(N)=NCc2cccc(N(C)C)c2)cc1Cl.I. The molecule has 0 atom stereocenters. The van der Waals surface area contributed by atoms with Crippen LogP contribution in [-0.4, -0.2) is 27.2 Å². The van der Waals surface area contributed by atoms with Crippen LogP contribution in [0.15, 0.2) is 47.5 Å². The Hall–Kier alpha value is -1.67. The molecule has 0 spiro atoms. The van der Waals surface area contributed by atoms with Crippen molar-refractivity contribution in [2.45, 2.75) is 6.54 Å². The van der Waals surface area contributed by atoms with Crippen molar-refractivity contribution in [1.82, 2.24) is 0 Å². The molecule has 0 bridgehead atoms. The second kappa shape index (κ2) is 9.58. The molecule has 5 nitrogen and oxygen atoms in total. The Morgan fingerprint density at radius 3 is 2.62 bits per heavy atom. The number of nitrogens with one attached hydrogen (secondary N) is 1. The van der Waals surface area contributed by atoms with Gasteiger partial charge in [-0.15, -0.1) is 24.0 Å². The molecular weight excluding hydrogens is 439 g/mol. The van der Waals surface area contributed by atoms with Crippen molar-refractivity contribution in [3.8, 4) is 5.75 Å². The van der Waals surface area contributed by atoms with E-state index in [1.54, 1.807) is 19.2 Å². The Morgan fingerprint density at radius 2 is 2.00 bits per heavy atom. The second-order valence-corrected chi connectivity index (χ2v) is 5.65. The highest BCUT2D eigenvalue weighted by atomic mass is 127. The fourth-order valence-electron chi connectivity index (χ4n) is 2.04. The van der Waals surface area contributed by atoms with Gasteiger partial charge in [-0.2, -0.15) is 0 Å². The molecule has 2 rings (SSSR count). The molecule has 24 heavy (non-hydrogen) atoms. The number of methoxy groups -OCH3 is 1. The molecule has 0 radical (unpaired) electrons. The van der Waals surface area contributed by atoms with Gasteiger partial charge in [-0.1, -0.05) is 23.7 Å². The highest BCUT2D eigenvalue weighted by Gasteiger charge is 2.03. The van der Waals surface area contributed by atoms with Crippen molar-refractivity contribution >= 4 is 52.9 Å². The van der Waals surface area contributed by atoms with E-state index in [1.165, 1.54) is 0 Å². The van der Waals surface area contributed by atoms with E-state index in [-0.39, 0.29) is 24.0 Å².